The number of sulfonamides is 2. The number of nitrogens with two attached hydrogens (primary N) is 1. The van der Waals surface area contributed by atoms with Gasteiger partial charge in [-0.1, -0.05) is 0 Å². The van der Waals surface area contributed by atoms with Gasteiger partial charge in [0.25, 0.3) is 0 Å². The lowest BCUT2D eigenvalue weighted by molar-refractivity contribution is 0.0698. The molecule has 108 valence electrons. The maximum absolute atomic E-state index is 11.9. The highest BCUT2D eigenvalue weighted by Gasteiger charge is 2.26. The van der Waals surface area contributed by atoms with Gasteiger partial charge in [-0.3, -0.25) is 0 Å². The van der Waals surface area contributed by atoms with Gasteiger partial charge in [-0.05, 0) is 17.9 Å². The van der Waals surface area contributed by atoms with E-state index in [1.807, 2.05) is 4.72 Å². The van der Waals surface area contributed by atoms with E-state index >= 15 is 0 Å². The number of carboxylic acid groups (broad SMARTS) is 1. The summed E-state index contributed by atoms with van der Waals surface area (Å²) in [7, 11) is -7.88. The molecule has 0 spiro atoms. The molecule has 1 heterocycles. The summed E-state index contributed by atoms with van der Waals surface area (Å²) in [4.78, 5) is 10.3. The molecule has 1 rings (SSSR count). The van der Waals surface area contributed by atoms with Crippen LogP contribution in [0.15, 0.2) is 10.3 Å². The van der Waals surface area contributed by atoms with Gasteiger partial charge in [-0.15, -0.1) is 11.3 Å². The molecule has 1 aromatic heterocycles. The van der Waals surface area contributed by atoms with Crippen LogP contribution in [0.25, 0.3) is 0 Å². The number of hydrogen-bond acceptors (Lipinski definition) is 6. The Morgan fingerprint density at radius 1 is 1.42 bits per heavy atom. The summed E-state index contributed by atoms with van der Waals surface area (Å²) < 4.78 is 47.2. The van der Waals surface area contributed by atoms with Crippen LogP contribution in [0, 0.1) is 6.92 Å². The van der Waals surface area contributed by atoms with Crippen LogP contribution in [0.3, 0.4) is 0 Å². The van der Waals surface area contributed by atoms with Crippen molar-refractivity contribution in [1.82, 2.24) is 4.72 Å². The molecule has 0 aliphatic heterocycles. The third-order valence-corrected chi connectivity index (χ3v) is 5.70. The molecule has 0 saturated carbocycles. The maximum atomic E-state index is 11.9. The van der Waals surface area contributed by atoms with Crippen LogP contribution in [-0.2, 0) is 20.0 Å². The fourth-order valence-electron chi connectivity index (χ4n) is 1.31. The zero-order chi connectivity index (χ0) is 14.8. The number of aromatic carboxylic acids is 1. The Bertz CT molecular complexity index is 688. The highest BCUT2D eigenvalue weighted by atomic mass is 32.2. The lowest BCUT2D eigenvalue weighted by Crippen LogP contribution is -2.32. The minimum Gasteiger partial charge on any atom is -0.477 e. The van der Waals surface area contributed by atoms with Crippen molar-refractivity contribution in [3.05, 3.63) is 15.8 Å². The van der Waals surface area contributed by atoms with Gasteiger partial charge in [0, 0.05) is 6.54 Å². The van der Waals surface area contributed by atoms with Crippen molar-refractivity contribution in [2.45, 2.75) is 11.8 Å². The number of thiophene rings is 1. The molecule has 4 N–H and O–H groups in total. The second-order valence-electron chi connectivity index (χ2n) is 3.65. The summed E-state index contributed by atoms with van der Waals surface area (Å²) in [5, 5.41) is 15.0. The topological polar surface area (TPSA) is 144 Å². The standard InChI is InChI=1S/C8H12N2O6S3/c1-5-4-17-6(8(11)12)7(5)19(15,16)10-2-3-18(9,13)14/h4,10H,2-3H2,1H3,(H,11,12)(H2,9,13,14). The first kappa shape index (κ1) is 16.0. The van der Waals surface area contributed by atoms with Gasteiger partial charge >= 0.3 is 5.97 Å². The van der Waals surface area contributed by atoms with Gasteiger partial charge in [-0.2, -0.15) is 0 Å². The number of hydrogen-bond donors (Lipinski definition) is 3. The molecule has 19 heavy (non-hydrogen) atoms. The van der Waals surface area contributed by atoms with Gasteiger partial charge in [0.15, 0.2) is 0 Å². The Hall–Kier alpha value is -1.01. The van der Waals surface area contributed by atoms with E-state index < -0.39 is 38.3 Å². The van der Waals surface area contributed by atoms with E-state index in [9.17, 15) is 21.6 Å². The Labute approximate surface area is 114 Å². The fraction of sp³-hybridized carbons (Fsp3) is 0.375. The Balaban J connectivity index is 3.01. The third-order valence-electron chi connectivity index (χ3n) is 2.06. The number of aryl methyl sites for hydroxylation is 1. The average molecular weight is 328 g/mol. The maximum Gasteiger partial charge on any atom is 0.347 e. The molecular weight excluding hydrogens is 316 g/mol. The van der Waals surface area contributed by atoms with Gasteiger partial charge < -0.3 is 5.11 Å². The molecule has 0 aromatic carbocycles. The lowest BCUT2D eigenvalue weighted by atomic mass is 10.3. The van der Waals surface area contributed by atoms with Crippen LogP contribution in [0.2, 0.25) is 0 Å². The normalized spacial score (nSPS) is 12.5. The van der Waals surface area contributed by atoms with Gasteiger partial charge in [0.05, 0.1) is 5.75 Å². The van der Waals surface area contributed by atoms with Crippen molar-refractivity contribution in [3.63, 3.8) is 0 Å². The van der Waals surface area contributed by atoms with Gasteiger partial charge in [0.1, 0.15) is 9.77 Å². The Kier molecular flexibility index (Phi) is 4.68. The fourth-order valence-corrected chi connectivity index (χ4v) is 4.48. The molecular formula is C8H12N2O6S3. The minimum absolute atomic E-state index is 0.283. The molecule has 0 atom stereocenters. The summed E-state index contributed by atoms with van der Waals surface area (Å²) >= 11 is 0.788. The van der Waals surface area contributed by atoms with Crippen molar-refractivity contribution in [2.75, 3.05) is 12.3 Å². The second kappa shape index (κ2) is 5.54. The van der Waals surface area contributed by atoms with E-state index in [0.717, 1.165) is 11.3 Å². The van der Waals surface area contributed by atoms with Crippen molar-refractivity contribution in [2.24, 2.45) is 5.14 Å². The van der Waals surface area contributed by atoms with Crippen molar-refractivity contribution >= 4 is 37.4 Å². The number of rotatable bonds is 6. The third kappa shape index (κ3) is 4.24. The Morgan fingerprint density at radius 2 is 2.00 bits per heavy atom. The van der Waals surface area contributed by atoms with E-state index in [0.29, 0.717) is 0 Å². The van der Waals surface area contributed by atoms with Gasteiger partial charge in [0.2, 0.25) is 20.0 Å². The molecule has 8 nitrogen and oxygen atoms in total. The molecule has 0 unspecified atom stereocenters. The number of carbonyl (C=O) groups is 1. The Morgan fingerprint density at radius 3 is 2.47 bits per heavy atom. The molecule has 0 bridgehead atoms. The minimum atomic E-state index is -4.09. The molecule has 11 heteroatoms. The summed E-state index contributed by atoms with van der Waals surface area (Å²) in [6.07, 6.45) is 0. The molecule has 0 saturated heterocycles. The average Bonchev–Trinajstić information content (AvgIpc) is 2.58. The first-order chi connectivity index (χ1) is 8.54. The van der Waals surface area contributed by atoms with Crippen LogP contribution in [0.1, 0.15) is 15.2 Å². The summed E-state index contributed by atoms with van der Waals surface area (Å²) in [5.41, 5.74) is 0.283. The highest BCUT2D eigenvalue weighted by Crippen LogP contribution is 2.26. The summed E-state index contributed by atoms with van der Waals surface area (Å²) in [6.45, 7) is 1.03. The zero-order valence-electron chi connectivity index (χ0n) is 9.78. The van der Waals surface area contributed by atoms with Crippen LogP contribution in [0.4, 0.5) is 0 Å². The lowest BCUT2D eigenvalue weighted by Gasteiger charge is -2.07. The SMILES string of the molecule is Cc1csc(C(=O)O)c1S(=O)(=O)NCCS(N)(=O)=O. The monoisotopic (exact) mass is 328 g/mol. The largest absolute Gasteiger partial charge is 0.477 e. The number of nitrogens with one attached hydrogen (secondary N) is 1. The smallest absolute Gasteiger partial charge is 0.347 e. The second-order valence-corrected chi connectivity index (χ2v) is 7.96. The van der Waals surface area contributed by atoms with Crippen LogP contribution in [0.5, 0.6) is 0 Å². The van der Waals surface area contributed by atoms with E-state index in [1.165, 1.54) is 12.3 Å². The van der Waals surface area contributed by atoms with Crippen LogP contribution in [-0.4, -0.2) is 40.2 Å². The zero-order valence-corrected chi connectivity index (χ0v) is 12.2. The van der Waals surface area contributed by atoms with Crippen molar-refractivity contribution < 1.29 is 26.7 Å². The summed E-state index contributed by atoms with van der Waals surface area (Å²) in [5.74, 6) is -1.93. The predicted molar refractivity (Wildman–Crippen MR) is 69.2 cm³/mol. The molecule has 1 aromatic rings. The molecule has 0 radical (unpaired) electrons. The van der Waals surface area contributed by atoms with Crippen LogP contribution >= 0.6 is 11.3 Å². The van der Waals surface area contributed by atoms with Crippen molar-refractivity contribution in [3.8, 4) is 0 Å². The van der Waals surface area contributed by atoms with Gasteiger partial charge in [-0.25, -0.2) is 31.5 Å². The summed E-state index contributed by atoms with van der Waals surface area (Å²) in [6, 6.07) is 0. The quantitative estimate of drug-likeness (QED) is 0.631. The van der Waals surface area contributed by atoms with Crippen LogP contribution < -0.4 is 9.86 Å². The van der Waals surface area contributed by atoms with E-state index in [-0.39, 0.29) is 15.3 Å². The number of carboxylic acids is 1. The van der Waals surface area contributed by atoms with E-state index in [2.05, 4.69) is 0 Å². The van der Waals surface area contributed by atoms with E-state index in [4.69, 9.17) is 10.2 Å². The van der Waals surface area contributed by atoms with E-state index in [1.54, 1.807) is 0 Å². The predicted octanol–water partition coefficient (Wildman–Crippen LogP) is -0.678. The molecule has 0 aliphatic rings. The number of primary sulfonamides is 1. The highest BCUT2D eigenvalue weighted by molar-refractivity contribution is 7.90. The van der Waals surface area contributed by atoms with Crippen molar-refractivity contribution in [1.29, 1.82) is 0 Å². The molecule has 0 aliphatic carbocycles. The molecule has 0 amide bonds. The first-order valence-electron chi connectivity index (χ1n) is 4.86. The molecule has 0 fully saturated rings. The first-order valence-corrected chi connectivity index (χ1v) is 8.94.